The highest BCUT2D eigenvalue weighted by Crippen LogP contribution is 2.22. The van der Waals surface area contributed by atoms with Crippen LogP contribution in [-0.2, 0) is 0 Å². The van der Waals surface area contributed by atoms with Crippen molar-refractivity contribution >= 4 is 42.3 Å². The monoisotopic (exact) mass is 387 g/mol. The number of piperidine rings is 1. The van der Waals surface area contributed by atoms with Crippen molar-refractivity contribution in [1.82, 2.24) is 9.88 Å². The second-order valence-electron chi connectivity index (χ2n) is 5.62. The van der Waals surface area contributed by atoms with Crippen LogP contribution in [0.4, 0.5) is 0 Å². The molecule has 1 aromatic heterocycles. The first-order chi connectivity index (χ1) is 10.6. The van der Waals surface area contributed by atoms with Crippen LogP contribution in [0.15, 0.2) is 42.7 Å². The number of nitrogens with two attached hydrogens (primary N) is 1. The summed E-state index contributed by atoms with van der Waals surface area (Å²) < 4.78 is 0. The van der Waals surface area contributed by atoms with Crippen LogP contribution in [0.2, 0.25) is 5.02 Å². The van der Waals surface area contributed by atoms with Gasteiger partial charge in [0.15, 0.2) is 0 Å². The van der Waals surface area contributed by atoms with Gasteiger partial charge in [0.25, 0.3) is 5.91 Å². The van der Waals surface area contributed by atoms with Gasteiger partial charge in [0.2, 0.25) is 0 Å². The fraction of sp³-hybridized carbons (Fsp3) is 0.294. The van der Waals surface area contributed by atoms with Gasteiger partial charge in [0, 0.05) is 42.1 Å². The van der Waals surface area contributed by atoms with Crippen molar-refractivity contribution in [3.8, 4) is 11.1 Å². The van der Waals surface area contributed by atoms with E-state index in [4.69, 9.17) is 17.3 Å². The number of nitrogens with zero attached hydrogens (tertiary/aromatic N) is 2. The highest BCUT2D eigenvalue weighted by Gasteiger charge is 2.22. The van der Waals surface area contributed by atoms with Gasteiger partial charge < -0.3 is 10.6 Å². The lowest BCUT2D eigenvalue weighted by atomic mass is 10.0. The van der Waals surface area contributed by atoms with Gasteiger partial charge in [-0.2, -0.15) is 0 Å². The third-order valence-corrected chi connectivity index (χ3v) is 4.16. The van der Waals surface area contributed by atoms with Crippen molar-refractivity contribution in [2.45, 2.75) is 18.9 Å². The SMILES string of the molecule is Cl.Cl.NC1CCCN(C(=O)c2cncc(-c3ccc(Cl)cc3)c2)C1. The Morgan fingerprint density at radius 2 is 1.88 bits per heavy atom. The van der Waals surface area contributed by atoms with E-state index in [1.807, 2.05) is 35.2 Å². The molecular formula is C17H20Cl3N3O. The summed E-state index contributed by atoms with van der Waals surface area (Å²) in [5.41, 5.74) is 8.45. The molecular weight excluding hydrogens is 369 g/mol. The molecule has 1 atom stereocenters. The maximum absolute atomic E-state index is 12.6. The molecule has 7 heteroatoms. The van der Waals surface area contributed by atoms with E-state index in [-0.39, 0.29) is 36.8 Å². The lowest BCUT2D eigenvalue weighted by Crippen LogP contribution is -2.45. The first kappa shape index (κ1) is 20.7. The molecule has 3 rings (SSSR count). The van der Waals surface area contributed by atoms with Crippen molar-refractivity contribution in [2.24, 2.45) is 5.73 Å². The molecule has 2 aromatic rings. The minimum Gasteiger partial charge on any atom is -0.337 e. The third-order valence-electron chi connectivity index (χ3n) is 3.91. The summed E-state index contributed by atoms with van der Waals surface area (Å²) in [4.78, 5) is 18.6. The lowest BCUT2D eigenvalue weighted by Gasteiger charge is -2.30. The number of carbonyl (C=O) groups is 1. The van der Waals surface area contributed by atoms with E-state index in [9.17, 15) is 4.79 Å². The Balaban J connectivity index is 0.00000144. The highest BCUT2D eigenvalue weighted by molar-refractivity contribution is 6.30. The molecule has 24 heavy (non-hydrogen) atoms. The maximum Gasteiger partial charge on any atom is 0.255 e. The number of rotatable bonds is 2. The van der Waals surface area contributed by atoms with E-state index in [1.165, 1.54) is 0 Å². The van der Waals surface area contributed by atoms with Crippen molar-refractivity contribution in [3.05, 3.63) is 53.3 Å². The predicted molar refractivity (Wildman–Crippen MR) is 102 cm³/mol. The van der Waals surface area contributed by atoms with Gasteiger partial charge in [-0.1, -0.05) is 23.7 Å². The van der Waals surface area contributed by atoms with Gasteiger partial charge in [0.1, 0.15) is 0 Å². The zero-order chi connectivity index (χ0) is 15.5. The molecule has 2 N–H and O–H groups in total. The number of aromatic nitrogens is 1. The largest absolute Gasteiger partial charge is 0.337 e. The summed E-state index contributed by atoms with van der Waals surface area (Å²) in [6, 6.07) is 9.45. The van der Waals surface area contributed by atoms with Crippen LogP contribution in [-0.4, -0.2) is 34.9 Å². The number of likely N-dealkylation sites (tertiary alicyclic amines) is 1. The molecule has 1 unspecified atom stereocenters. The van der Waals surface area contributed by atoms with Crippen molar-refractivity contribution < 1.29 is 4.79 Å². The number of halogens is 3. The number of amides is 1. The summed E-state index contributed by atoms with van der Waals surface area (Å²) in [7, 11) is 0. The van der Waals surface area contributed by atoms with Crippen LogP contribution in [0.25, 0.3) is 11.1 Å². The molecule has 1 aromatic carbocycles. The zero-order valence-electron chi connectivity index (χ0n) is 13.0. The van der Waals surface area contributed by atoms with Crippen LogP contribution in [0, 0.1) is 0 Å². The summed E-state index contributed by atoms with van der Waals surface area (Å²) in [6.45, 7) is 1.38. The quantitative estimate of drug-likeness (QED) is 0.851. The Morgan fingerprint density at radius 1 is 1.17 bits per heavy atom. The molecule has 0 radical (unpaired) electrons. The predicted octanol–water partition coefficient (Wildman–Crippen LogP) is 3.81. The van der Waals surface area contributed by atoms with Gasteiger partial charge in [-0.25, -0.2) is 0 Å². The Morgan fingerprint density at radius 3 is 2.54 bits per heavy atom. The fourth-order valence-corrected chi connectivity index (χ4v) is 2.86. The highest BCUT2D eigenvalue weighted by atomic mass is 35.5. The van der Waals surface area contributed by atoms with E-state index in [0.29, 0.717) is 17.1 Å². The topological polar surface area (TPSA) is 59.2 Å². The second kappa shape index (κ2) is 9.23. The summed E-state index contributed by atoms with van der Waals surface area (Å²) >= 11 is 5.91. The fourth-order valence-electron chi connectivity index (χ4n) is 2.73. The Kier molecular flexibility index (Phi) is 7.97. The third kappa shape index (κ3) is 4.84. The second-order valence-corrected chi connectivity index (χ2v) is 6.06. The van der Waals surface area contributed by atoms with E-state index in [0.717, 1.165) is 30.5 Å². The van der Waals surface area contributed by atoms with Gasteiger partial charge in [-0.15, -0.1) is 24.8 Å². The molecule has 4 nitrogen and oxygen atoms in total. The van der Waals surface area contributed by atoms with Crippen LogP contribution in [0.5, 0.6) is 0 Å². The van der Waals surface area contributed by atoms with Crippen LogP contribution in [0.1, 0.15) is 23.2 Å². The molecule has 0 saturated carbocycles. The first-order valence-electron chi connectivity index (χ1n) is 7.39. The first-order valence-corrected chi connectivity index (χ1v) is 7.77. The van der Waals surface area contributed by atoms with Crippen molar-refractivity contribution in [3.63, 3.8) is 0 Å². The molecule has 1 fully saturated rings. The standard InChI is InChI=1S/C17H18ClN3O.2ClH/c18-15-5-3-12(4-6-15)13-8-14(10-20-9-13)17(22)21-7-1-2-16(19)11-21;;/h3-6,8-10,16H,1-2,7,11,19H2;2*1H. The van der Waals surface area contributed by atoms with E-state index >= 15 is 0 Å². The smallest absolute Gasteiger partial charge is 0.255 e. The van der Waals surface area contributed by atoms with Crippen molar-refractivity contribution in [2.75, 3.05) is 13.1 Å². The minimum atomic E-state index is -0.00142. The van der Waals surface area contributed by atoms with Crippen molar-refractivity contribution in [1.29, 1.82) is 0 Å². The Bertz CT molecular complexity index is 679. The average molecular weight is 389 g/mol. The maximum atomic E-state index is 12.6. The van der Waals surface area contributed by atoms with Gasteiger partial charge in [-0.3, -0.25) is 9.78 Å². The Labute approximate surface area is 159 Å². The van der Waals surface area contributed by atoms with E-state index in [1.54, 1.807) is 12.4 Å². The molecule has 0 spiro atoms. The summed E-state index contributed by atoms with van der Waals surface area (Å²) in [5, 5.41) is 0.686. The minimum absolute atomic E-state index is 0. The van der Waals surface area contributed by atoms with Crippen LogP contribution < -0.4 is 5.73 Å². The number of pyridine rings is 1. The molecule has 1 amide bonds. The normalized spacial score (nSPS) is 16.8. The average Bonchev–Trinajstić information content (AvgIpc) is 2.55. The van der Waals surface area contributed by atoms with Gasteiger partial charge in [-0.05, 0) is 36.6 Å². The molecule has 1 saturated heterocycles. The van der Waals surface area contributed by atoms with Crippen LogP contribution >= 0.6 is 36.4 Å². The molecule has 0 aliphatic carbocycles. The number of hydrogen-bond donors (Lipinski definition) is 1. The van der Waals surface area contributed by atoms with Crippen LogP contribution in [0.3, 0.4) is 0 Å². The molecule has 0 bridgehead atoms. The summed E-state index contributed by atoms with van der Waals surface area (Å²) in [6.07, 6.45) is 5.30. The van der Waals surface area contributed by atoms with Gasteiger partial charge in [0.05, 0.1) is 5.56 Å². The Hall–Kier alpha value is -1.33. The molecule has 130 valence electrons. The number of benzene rings is 1. The molecule has 1 aliphatic heterocycles. The molecule has 2 heterocycles. The summed E-state index contributed by atoms with van der Waals surface area (Å²) in [5.74, 6) is -0.00142. The molecule has 1 aliphatic rings. The zero-order valence-corrected chi connectivity index (χ0v) is 15.4. The number of hydrogen-bond acceptors (Lipinski definition) is 3. The lowest BCUT2D eigenvalue weighted by molar-refractivity contribution is 0.0708. The van der Waals surface area contributed by atoms with Gasteiger partial charge >= 0.3 is 0 Å². The number of carbonyl (C=O) groups excluding carboxylic acids is 1. The van der Waals surface area contributed by atoms with E-state index in [2.05, 4.69) is 4.98 Å². The van der Waals surface area contributed by atoms with E-state index < -0.39 is 0 Å².